The van der Waals surface area contributed by atoms with Crippen LogP contribution in [0, 0.1) is 16.7 Å². The standard InChI is InChI=1S/C30H37N3O3S/c1-19(20-10-6-4-7-11-20)31-26(36)16-22-27-23(37-28(33-27)32-21-12-8-5-9-13-21)17-24-29(22,2)15-14-25(35)30(24,3)18-34/h4-13,19,22,24-25,34-35H,14-18H2,1-3H3,(H,31,36)(H,32,33). The topological polar surface area (TPSA) is 94.5 Å². The maximum Gasteiger partial charge on any atom is 0.221 e. The maximum absolute atomic E-state index is 13.5. The van der Waals surface area contributed by atoms with E-state index in [9.17, 15) is 15.0 Å². The van der Waals surface area contributed by atoms with Crippen LogP contribution in [-0.4, -0.2) is 33.8 Å². The Morgan fingerprint density at radius 1 is 1.14 bits per heavy atom. The van der Waals surface area contributed by atoms with E-state index in [0.29, 0.717) is 12.8 Å². The summed E-state index contributed by atoms with van der Waals surface area (Å²) in [6, 6.07) is 19.9. The molecule has 2 aromatic carbocycles. The Hall–Kier alpha value is -2.74. The number of para-hydroxylation sites is 1. The number of aliphatic hydroxyl groups excluding tert-OH is 2. The van der Waals surface area contributed by atoms with E-state index in [2.05, 4.69) is 17.6 Å². The molecule has 6 atom stereocenters. The second-order valence-corrected chi connectivity index (χ2v) is 12.3. The number of thiazole rings is 1. The maximum atomic E-state index is 13.5. The van der Waals surface area contributed by atoms with Crippen LogP contribution in [0.3, 0.4) is 0 Å². The molecule has 196 valence electrons. The number of amides is 1. The molecule has 37 heavy (non-hydrogen) atoms. The molecular formula is C30H37N3O3S. The van der Waals surface area contributed by atoms with Gasteiger partial charge in [-0.2, -0.15) is 0 Å². The van der Waals surface area contributed by atoms with Crippen molar-refractivity contribution >= 4 is 28.1 Å². The SMILES string of the molecule is CC(NC(=O)CC1c2nc(Nc3ccccc3)sc2CC2C(C)(CO)C(O)CCC12C)c1ccccc1. The molecule has 5 rings (SSSR count). The van der Waals surface area contributed by atoms with Crippen molar-refractivity contribution in [3.63, 3.8) is 0 Å². The van der Waals surface area contributed by atoms with Crippen LogP contribution in [0.1, 0.15) is 68.1 Å². The largest absolute Gasteiger partial charge is 0.396 e. The summed E-state index contributed by atoms with van der Waals surface area (Å²) in [5.74, 6) is -0.0719. The molecule has 6 nitrogen and oxygen atoms in total. The Balaban J connectivity index is 1.48. The molecule has 0 aliphatic heterocycles. The number of carbonyl (C=O) groups is 1. The lowest BCUT2D eigenvalue weighted by molar-refractivity contribution is -0.144. The van der Waals surface area contributed by atoms with Crippen molar-refractivity contribution in [3.8, 4) is 0 Å². The van der Waals surface area contributed by atoms with Gasteiger partial charge in [0.25, 0.3) is 0 Å². The van der Waals surface area contributed by atoms with Crippen LogP contribution in [0.5, 0.6) is 0 Å². The fourth-order valence-electron chi connectivity index (χ4n) is 6.66. The quantitative estimate of drug-likeness (QED) is 0.327. The average molecular weight is 520 g/mol. The van der Waals surface area contributed by atoms with E-state index >= 15 is 0 Å². The molecule has 1 amide bonds. The summed E-state index contributed by atoms with van der Waals surface area (Å²) in [5, 5.41) is 28.9. The van der Waals surface area contributed by atoms with Crippen LogP contribution in [0.4, 0.5) is 10.8 Å². The summed E-state index contributed by atoms with van der Waals surface area (Å²) in [5.41, 5.74) is 2.13. The van der Waals surface area contributed by atoms with Gasteiger partial charge in [-0.15, -0.1) is 11.3 Å². The van der Waals surface area contributed by atoms with Gasteiger partial charge in [0, 0.05) is 28.3 Å². The van der Waals surface area contributed by atoms with Crippen LogP contribution >= 0.6 is 11.3 Å². The van der Waals surface area contributed by atoms with Crippen LogP contribution in [-0.2, 0) is 11.2 Å². The van der Waals surface area contributed by atoms with Crippen molar-refractivity contribution in [1.29, 1.82) is 0 Å². The zero-order valence-electron chi connectivity index (χ0n) is 21.8. The highest BCUT2D eigenvalue weighted by Crippen LogP contribution is 2.62. The third kappa shape index (κ3) is 4.80. The van der Waals surface area contributed by atoms with Gasteiger partial charge in [0.2, 0.25) is 5.91 Å². The van der Waals surface area contributed by atoms with Gasteiger partial charge >= 0.3 is 0 Å². The predicted molar refractivity (Wildman–Crippen MR) is 148 cm³/mol. The highest BCUT2D eigenvalue weighted by molar-refractivity contribution is 7.15. The minimum atomic E-state index is -0.631. The summed E-state index contributed by atoms with van der Waals surface area (Å²) in [6.07, 6.45) is 1.89. The lowest BCUT2D eigenvalue weighted by atomic mass is 9.47. The van der Waals surface area contributed by atoms with E-state index in [0.717, 1.165) is 39.8 Å². The third-order valence-corrected chi connectivity index (χ3v) is 9.99. The van der Waals surface area contributed by atoms with E-state index < -0.39 is 11.5 Å². The van der Waals surface area contributed by atoms with E-state index in [4.69, 9.17) is 4.98 Å². The minimum absolute atomic E-state index is 0.00318. The number of nitrogens with zero attached hydrogens (tertiary/aromatic N) is 1. The Kier molecular flexibility index (Phi) is 7.14. The van der Waals surface area contributed by atoms with Gasteiger partial charge < -0.3 is 20.8 Å². The van der Waals surface area contributed by atoms with Crippen LogP contribution in [0.25, 0.3) is 0 Å². The lowest BCUT2D eigenvalue weighted by Gasteiger charge is -2.58. The van der Waals surface area contributed by atoms with Crippen LogP contribution in [0.2, 0.25) is 0 Å². The van der Waals surface area contributed by atoms with Crippen LogP contribution < -0.4 is 10.6 Å². The first-order chi connectivity index (χ1) is 17.7. The summed E-state index contributed by atoms with van der Waals surface area (Å²) in [4.78, 5) is 19.7. The molecule has 4 N–H and O–H groups in total. The molecule has 0 saturated heterocycles. The van der Waals surface area contributed by atoms with E-state index in [1.54, 1.807) is 11.3 Å². The summed E-state index contributed by atoms with van der Waals surface area (Å²) < 4.78 is 0. The predicted octanol–water partition coefficient (Wildman–Crippen LogP) is 5.57. The van der Waals surface area contributed by atoms with Crippen molar-refractivity contribution in [2.45, 2.75) is 64.5 Å². The van der Waals surface area contributed by atoms with Gasteiger partial charge in [-0.05, 0) is 55.2 Å². The lowest BCUT2D eigenvalue weighted by Crippen LogP contribution is -2.57. The van der Waals surface area contributed by atoms with Gasteiger partial charge in [0.15, 0.2) is 5.13 Å². The number of anilines is 2. The highest BCUT2D eigenvalue weighted by atomic mass is 32.1. The number of fused-ring (bicyclic) bond motifs is 2. The fraction of sp³-hybridized carbons (Fsp3) is 0.467. The Bertz CT molecular complexity index is 1230. The molecule has 3 aromatic rings. The smallest absolute Gasteiger partial charge is 0.221 e. The summed E-state index contributed by atoms with van der Waals surface area (Å²) in [7, 11) is 0. The molecule has 7 heteroatoms. The highest BCUT2D eigenvalue weighted by Gasteiger charge is 2.59. The molecular weight excluding hydrogens is 482 g/mol. The number of nitrogens with one attached hydrogen (secondary N) is 2. The first-order valence-corrected chi connectivity index (χ1v) is 14.0. The number of rotatable bonds is 7. The van der Waals surface area contributed by atoms with Crippen molar-refractivity contribution in [2.24, 2.45) is 16.7 Å². The second-order valence-electron chi connectivity index (χ2n) is 11.3. The van der Waals surface area contributed by atoms with Crippen molar-refractivity contribution in [1.82, 2.24) is 10.3 Å². The van der Waals surface area contributed by atoms with Crippen molar-refractivity contribution in [3.05, 3.63) is 76.8 Å². The first kappa shape index (κ1) is 25.9. The molecule has 1 saturated carbocycles. The van der Waals surface area contributed by atoms with E-state index in [1.165, 1.54) is 0 Å². The summed E-state index contributed by atoms with van der Waals surface area (Å²) >= 11 is 1.62. The number of benzene rings is 2. The van der Waals surface area contributed by atoms with Gasteiger partial charge in [0.05, 0.1) is 24.4 Å². The Morgan fingerprint density at radius 2 is 1.81 bits per heavy atom. The van der Waals surface area contributed by atoms with E-state index in [1.807, 2.05) is 74.5 Å². The van der Waals surface area contributed by atoms with E-state index in [-0.39, 0.29) is 35.8 Å². The van der Waals surface area contributed by atoms with Gasteiger partial charge in [-0.25, -0.2) is 4.98 Å². The molecule has 0 radical (unpaired) electrons. The van der Waals surface area contributed by atoms with Gasteiger partial charge in [0.1, 0.15) is 0 Å². The molecule has 1 heterocycles. The molecule has 2 aliphatic rings. The van der Waals surface area contributed by atoms with Crippen molar-refractivity contribution < 1.29 is 15.0 Å². The zero-order valence-corrected chi connectivity index (χ0v) is 22.6. The number of aliphatic hydroxyl groups is 2. The number of carbonyl (C=O) groups excluding carboxylic acids is 1. The normalized spacial score (nSPS) is 29.6. The number of aromatic nitrogens is 1. The van der Waals surface area contributed by atoms with Gasteiger partial charge in [-0.1, -0.05) is 62.4 Å². The molecule has 0 bridgehead atoms. The Labute approximate surface area is 223 Å². The number of hydrogen-bond donors (Lipinski definition) is 4. The monoisotopic (exact) mass is 519 g/mol. The summed E-state index contributed by atoms with van der Waals surface area (Å²) in [6.45, 7) is 6.17. The molecule has 1 aromatic heterocycles. The molecule has 2 aliphatic carbocycles. The van der Waals surface area contributed by atoms with Crippen LogP contribution in [0.15, 0.2) is 60.7 Å². The second kappa shape index (κ2) is 10.2. The van der Waals surface area contributed by atoms with Gasteiger partial charge in [-0.3, -0.25) is 4.79 Å². The molecule has 0 spiro atoms. The first-order valence-electron chi connectivity index (χ1n) is 13.2. The molecule has 1 fully saturated rings. The fourth-order valence-corrected chi connectivity index (χ4v) is 7.74. The molecule has 6 unspecified atom stereocenters. The number of hydrogen-bond acceptors (Lipinski definition) is 6. The zero-order chi connectivity index (χ0) is 26.2. The minimum Gasteiger partial charge on any atom is -0.396 e. The van der Waals surface area contributed by atoms with Crippen molar-refractivity contribution in [2.75, 3.05) is 11.9 Å². The third-order valence-electron chi connectivity index (χ3n) is 8.99. The Morgan fingerprint density at radius 3 is 2.49 bits per heavy atom. The average Bonchev–Trinajstić information content (AvgIpc) is 3.30.